The van der Waals surface area contributed by atoms with Crippen LogP contribution in [-0.4, -0.2) is 8.05 Å². The molecule has 0 spiro atoms. The van der Waals surface area contributed by atoms with E-state index in [-0.39, 0.29) is 0 Å². The van der Waals surface area contributed by atoms with Crippen LogP contribution in [0.4, 0.5) is 0 Å². The summed E-state index contributed by atoms with van der Waals surface area (Å²) in [4.78, 5) is 0. The van der Waals surface area contributed by atoms with Gasteiger partial charge in [-0.15, -0.1) is 0 Å². The Morgan fingerprint density at radius 3 is 1.47 bits per heavy atom. The fraction of sp³-hybridized carbons (Fsp3) is 0. The zero-order valence-corrected chi connectivity index (χ0v) is 9.52. The molecule has 0 amide bonds. The molecule has 2 aromatic rings. The van der Waals surface area contributed by atoms with Gasteiger partial charge in [-0.25, -0.2) is 0 Å². The van der Waals surface area contributed by atoms with Crippen LogP contribution in [0.25, 0.3) is 0 Å². The maximum atomic E-state index is 5.59. The Hall–Kier alpha value is -1.11. The quantitative estimate of drug-likeness (QED) is 0.556. The number of hydrogen-bond donors (Lipinski definition) is 0. The van der Waals surface area contributed by atoms with Crippen LogP contribution in [0.3, 0.4) is 0 Å². The molecule has 0 aromatic heterocycles. The minimum atomic E-state index is -0.649. The Balaban J connectivity index is 2.34. The molecule has 0 aliphatic carbocycles. The first-order valence-electron chi connectivity index (χ1n) is 4.86. The predicted molar refractivity (Wildman–Crippen MR) is 68.7 cm³/mol. The van der Waals surface area contributed by atoms with Crippen LogP contribution in [0.1, 0.15) is 0 Å². The summed E-state index contributed by atoms with van der Waals surface area (Å²) in [5.41, 5.74) is 0. The van der Waals surface area contributed by atoms with E-state index in [1.165, 1.54) is 10.6 Å². The van der Waals surface area contributed by atoms with Crippen molar-refractivity contribution < 1.29 is 4.44 Å². The van der Waals surface area contributed by atoms with Gasteiger partial charge in [0.25, 0.3) is 8.05 Å². The lowest BCUT2D eigenvalue weighted by molar-refractivity contribution is 0.705. The molecule has 2 aromatic carbocycles. The molecule has 0 radical (unpaired) electrons. The lowest BCUT2D eigenvalue weighted by atomic mass is 10.4. The minimum absolute atomic E-state index is 0.649. The summed E-state index contributed by atoms with van der Waals surface area (Å²) in [5.74, 6) is 0. The third-order valence-electron chi connectivity index (χ3n) is 2.16. The molecular formula is C12H12BOP. The van der Waals surface area contributed by atoms with Gasteiger partial charge in [-0.05, 0) is 0 Å². The van der Waals surface area contributed by atoms with E-state index in [1.807, 2.05) is 36.4 Å². The van der Waals surface area contributed by atoms with Gasteiger partial charge < -0.3 is 4.44 Å². The first-order valence-corrected chi connectivity index (χ1v) is 6.12. The summed E-state index contributed by atoms with van der Waals surface area (Å²) >= 11 is 0. The topological polar surface area (TPSA) is 9.23 Å². The molecule has 0 N–H and O–H groups in total. The molecule has 3 heteroatoms. The normalized spacial score (nSPS) is 10.5. The molecular weight excluding hydrogens is 202 g/mol. The molecule has 0 aliphatic heterocycles. The summed E-state index contributed by atoms with van der Waals surface area (Å²) in [6.07, 6.45) is 0. The van der Waals surface area contributed by atoms with Crippen molar-refractivity contribution in [3.63, 3.8) is 0 Å². The maximum absolute atomic E-state index is 5.59. The van der Waals surface area contributed by atoms with Crippen LogP contribution >= 0.6 is 8.15 Å². The Labute approximate surface area is 92.4 Å². The van der Waals surface area contributed by atoms with Crippen LogP contribution in [0.15, 0.2) is 60.7 Å². The number of rotatable bonds is 3. The van der Waals surface area contributed by atoms with Crippen molar-refractivity contribution >= 4 is 26.8 Å². The third kappa shape index (κ3) is 2.47. The Kier molecular flexibility index (Phi) is 3.55. The van der Waals surface area contributed by atoms with E-state index in [2.05, 4.69) is 24.3 Å². The van der Waals surface area contributed by atoms with Gasteiger partial charge in [-0.2, -0.15) is 0 Å². The van der Waals surface area contributed by atoms with Gasteiger partial charge in [0.2, 0.25) is 0 Å². The standard InChI is InChI=1S/C12H12BOP/c13-14-15(11-7-3-1-4-8-11)12-9-5-2-6-10-12/h1-10H,13H2. The van der Waals surface area contributed by atoms with Crippen molar-refractivity contribution in [2.75, 3.05) is 0 Å². The summed E-state index contributed by atoms with van der Waals surface area (Å²) < 4.78 is 5.59. The summed E-state index contributed by atoms with van der Waals surface area (Å²) in [6.45, 7) is 0. The highest BCUT2D eigenvalue weighted by Gasteiger charge is 2.11. The Bertz CT molecular complexity index is 365. The summed E-state index contributed by atoms with van der Waals surface area (Å²) in [6, 6.07) is 20.7. The van der Waals surface area contributed by atoms with E-state index < -0.39 is 8.15 Å². The van der Waals surface area contributed by atoms with Crippen LogP contribution in [0.5, 0.6) is 0 Å². The fourth-order valence-corrected chi connectivity index (χ4v) is 3.09. The smallest absolute Gasteiger partial charge is 0.263 e. The predicted octanol–water partition coefficient (Wildman–Crippen LogP) is 1.60. The number of benzene rings is 2. The average molecular weight is 214 g/mol. The van der Waals surface area contributed by atoms with Gasteiger partial charge >= 0.3 is 0 Å². The zero-order valence-electron chi connectivity index (χ0n) is 8.63. The van der Waals surface area contributed by atoms with Crippen molar-refractivity contribution in [2.24, 2.45) is 0 Å². The molecule has 0 aliphatic rings. The van der Waals surface area contributed by atoms with Crippen molar-refractivity contribution in [2.45, 2.75) is 0 Å². The zero-order chi connectivity index (χ0) is 10.5. The minimum Gasteiger partial charge on any atom is -0.417 e. The molecule has 2 rings (SSSR count). The van der Waals surface area contributed by atoms with Gasteiger partial charge in [-0.3, -0.25) is 0 Å². The van der Waals surface area contributed by atoms with E-state index in [4.69, 9.17) is 4.44 Å². The monoisotopic (exact) mass is 214 g/mol. The van der Waals surface area contributed by atoms with Gasteiger partial charge in [0.1, 0.15) is 0 Å². The molecule has 0 saturated carbocycles. The lowest BCUT2D eigenvalue weighted by Crippen LogP contribution is -2.12. The molecule has 15 heavy (non-hydrogen) atoms. The second-order valence-electron chi connectivity index (χ2n) is 3.15. The molecule has 0 bridgehead atoms. The van der Waals surface area contributed by atoms with E-state index in [9.17, 15) is 0 Å². The second kappa shape index (κ2) is 5.11. The first-order chi connectivity index (χ1) is 7.42. The van der Waals surface area contributed by atoms with E-state index >= 15 is 0 Å². The van der Waals surface area contributed by atoms with Crippen molar-refractivity contribution in [1.82, 2.24) is 0 Å². The Morgan fingerprint density at radius 1 is 0.733 bits per heavy atom. The summed E-state index contributed by atoms with van der Waals surface area (Å²) in [5, 5.41) is 2.50. The van der Waals surface area contributed by atoms with E-state index in [1.54, 1.807) is 8.05 Å². The molecule has 1 nitrogen and oxygen atoms in total. The van der Waals surface area contributed by atoms with Crippen LogP contribution in [-0.2, 0) is 4.44 Å². The van der Waals surface area contributed by atoms with Crippen molar-refractivity contribution in [3.8, 4) is 0 Å². The van der Waals surface area contributed by atoms with Gasteiger partial charge in [0.15, 0.2) is 0 Å². The van der Waals surface area contributed by atoms with Gasteiger partial charge in [-0.1, -0.05) is 60.7 Å². The average Bonchev–Trinajstić information content (AvgIpc) is 2.33. The van der Waals surface area contributed by atoms with E-state index in [0.29, 0.717) is 0 Å². The highest BCUT2D eigenvalue weighted by molar-refractivity contribution is 7.69. The van der Waals surface area contributed by atoms with Crippen LogP contribution in [0.2, 0.25) is 0 Å². The molecule has 0 unspecified atom stereocenters. The summed E-state index contributed by atoms with van der Waals surface area (Å²) in [7, 11) is 1.12. The lowest BCUT2D eigenvalue weighted by Gasteiger charge is -2.16. The number of hydrogen-bond acceptors (Lipinski definition) is 1. The molecule has 0 atom stereocenters. The molecule has 0 heterocycles. The molecule has 0 fully saturated rings. The highest BCUT2D eigenvalue weighted by atomic mass is 31.1. The third-order valence-corrected chi connectivity index (χ3v) is 4.06. The van der Waals surface area contributed by atoms with Crippen molar-refractivity contribution in [1.29, 1.82) is 0 Å². The Morgan fingerprint density at radius 2 is 1.13 bits per heavy atom. The van der Waals surface area contributed by atoms with E-state index in [0.717, 1.165) is 0 Å². The van der Waals surface area contributed by atoms with Crippen molar-refractivity contribution in [3.05, 3.63) is 60.7 Å². The fourth-order valence-electron chi connectivity index (χ4n) is 1.49. The molecule has 74 valence electrons. The second-order valence-corrected chi connectivity index (χ2v) is 5.13. The highest BCUT2D eigenvalue weighted by Crippen LogP contribution is 2.32. The van der Waals surface area contributed by atoms with Crippen LogP contribution < -0.4 is 10.6 Å². The first kappa shape index (κ1) is 10.4. The van der Waals surface area contributed by atoms with Crippen LogP contribution in [0, 0.1) is 0 Å². The van der Waals surface area contributed by atoms with Gasteiger partial charge in [0, 0.05) is 10.6 Å². The maximum Gasteiger partial charge on any atom is 0.263 e. The SMILES string of the molecule is BOP(c1ccccc1)c1ccccc1. The van der Waals surface area contributed by atoms with Gasteiger partial charge in [0.05, 0.1) is 8.15 Å². The largest absolute Gasteiger partial charge is 0.417 e. The molecule has 0 saturated heterocycles.